The third kappa shape index (κ3) is 5.37. The number of likely N-dealkylation sites (tertiary alicyclic amines) is 1. The topological polar surface area (TPSA) is 115 Å². The number of carbonyl (C=O) groups is 1. The Hall–Kier alpha value is -3.13. The standard InChI is InChI=1S/C21H25FN4O5S/c1-14(2)31-21(27)25-8-6-16(7-9-25)26-19(11-23)15(12-24-26)13-30-20-5-4-17(10-18(20)22)32(3,28)29/h4-5,10,12,14,16H,6-9,13H2,1-3H3. The van der Waals surface area contributed by atoms with E-state index >= 15 is 0 Å². The van der Waals surface area contributed by atoms with Gasteiger partial charge >= 0.3 is 6.09 Å². The van der Waals surface area contributed by atoms with Crippen LogP contribution in [0.3, 0.4) is 0 Å². The molecule has 32 heavy (non-hydrogen) atoms. The number of hydrogen-bond acceptors (Lipinski definition) is 7. The molecular formula is C21H25FN4O5S. The number of nitrogens with zero attached hydrogens (tertiary/aromatic N) is 4. The summed E-state index contributed by atoms with van der Waals surface area (Å²) in [4.78, 5) is 13.5. The van der Waals surface area contributed by atoms with Gasteiger partial charge in [0.1, 0.15) is 18.4 Å². The van der Waals surface area contributed by atoms with E-state index in [1.54, 1.807) is 23.4 Å². The van der Waals surface area contributed by atoms with E-state index in [4.69, 9.17) is 9.47 Å². The molecule has 0 spiro atoms. The molecule has 2 aromatic rings. The van der Waals surface area contributed by atoms with Crippen molar-refractivity contribution in [2.75, 3.05) is 19.3 Å². The zero-order valence-corrected chi connectivity index (χ0v) is 18.9. The number of rotatable bonds is 6. The van der Waals surface area contributed by atoms with Gasteiger partial charge in [-0.3, -0.25) is 4.68 Å². The van der Waals surface area contributed by atoms with E-state index in [0.29, 0.717) is 37.2 Å². The summed E-state index contributed by atoms with van der Waals surface area (Å²) >= 11 is 0. The van der Waals surface area contributed by atoms with Crippen molar-refractivity contribution in [1.82, 2.24) is 14.7 Å². The van der Waals surface area contributed by atoms with E-state index < -0.39 is 15.7 Å². The Morgan fingerprint density at radius 2 is 2.03 bits per heavy atom. The van der Waals surface area contributed by atoms with Crippen LogP contribution >= 0.6 is 0 Å². The lowest BCUT2D eigenvalue weighted by Gasteiger charge is -2.32. The zero-order valence-electron chi connectivity index (χ0n) is 18.1. The number of hydrogen-bond donors (Lipinski definition) is 0. The van der Waals surface area contributed by atoms with Gasteiger partial charge in [-0.15, -0.1) is 0 Å². The van der Waals surface area contributed by atoms with Crippen molar-refractivity contribution in [2.24, 2.45) is 0 Å². The second-order valence-electron chi connectivity index (χ2n) is 7.88. The lowest BCUT2D eigenvalue weighted by atomic mass is 10.1. The number of halogens is 1. The van der Waals surface area contributed by atoms with Crippen LogP contribution in [0.2, 0.25) is 0 Å². The lowest BCUT2D eigenvalue weighted by Crippen LogP contribution is -2.40. The first-order chi connectivity index (χ1) is 15.1. The molecule has 0 saturated carbocycles. The third-order valence-corrected chi connectivity index (χ3v) is 6.21. The molecule has 1 saturated heterocycles. The summed E-state index contributed by atoms with van der Waals surface area (Å²) in [6, 6.07) is 5.47. The molecule has 3 rings (SSSR count). The number of amides is 1. The molecule has 1 aliphatic rings. The highest BCUT2D eigenvalue weighted by Crippen LogP contribution is 2.27. The molecule has 0 N–H and O–H groups in total. The van der Waals surface area contributed by atoms with E-state index in [1.807, 2.05) is 0 Å². The highest BCUT2D eigenvalue weighted by Gasteiger charge is 2.28. The number of nitriles is 1. The molecule has 172 valence electrons. The first-order valence-corrected chi connectivity index (χ1v) is 12.0. The van der Waals surface area contributed by atoms with Crippen LogP contribution < -0.4 is 4.74 Å². The summed E-state index contributed by atoms with van der Waals surface area (Å²) in [6.07, 6.45) is 3.19. The van der Waals surface area contributed by atoms with E-state index in [9.17, 15) is 22.9 Å². The summed E-state index contributed by atoms with van der Waals surface area (Å²) in [5, 5.41) is 14.0. The molecule has 9 nitrogen and oxygen atoms in total. The maximum atomic E-state index is 14.2. The maximum Gasteiger partial charge on any atom is 0.410 e. The molecule has 1 aromatic carbocycles. The largest absolute Gasteiger partial charge is 0.486 e. The minimum atomic E-state index is -3.53. The van der Waals surface area contributed by atoms with Crippen LogP contribution in [0.25, 0.3) is 0 Å². The van der Waals surface area contributed by atoms with Crippen molar-refractivity contribution < 1.29 is 27.1 Å². The average molecular weight is 465 g/mol. The van der Waals surface area contributed by atoms with Crippen LogP contribution in [-0.2, 0) is 21.2 Å². The van der Waals surface area contributed by atoms with Gasteiger partial charge in [0.05, 0.1) is 23.2 Å². The van der Waals surface area contributed by atoms with Crippen molar-refractivity contribution in [3.05, 3.63) is 41.5 Å². The Labute approximate surface area is 186 Å². The first-order valence-electron chi connectivity index (χ1n) is 10.1. The highest BCUT2D eigenvalue weighted by molar-refractivity contribution is 7.90. The molecule has 11 heteroatoms. The molecule has 2 heterocycles. The Kier molecular flexibility index (Phi) is 7.03. The average Bonchev–Trinajstić information content (AvgIpc) is 3.14. The SMILES string of the molecule is CC(C)OC(=O)N1CCC(n2ncc(COc3ccc(S(C)(=O)=O)cc3F)c2C#N)CC1. The van der Waals surface area contributed by atoms with Gasteiger partial charge in [-0.25, -0.2) is 17.6 Å². The predicted octanol–water partition coefficient (Wildman–Crippen LogP) is 3.06. The number of ether oxygens (including phenoxy) is 2. The van der Waals surface area contributed by atoms with Crippen LogP contribution in [0.4, 0.5) is 9.18 Å². The van der Waals surface area contributed by atoms with E-state index in [1.165, 1.54) is 18.3 Å². The number of carbonyl (C=O) groups excluding carboxylic acids is 1. The van der Waals surface area contributed by atoms with E-state index in [0.717, 1.165) is 12.3 Å². The predicted molar refractivity (Wildman–Crippen MR) is 112 cm³/mol. The van der Waals surface area contributed by atoms with Crippen LogP contribution in [0.5, 0.6) is 5.75 Å². The van der Waals surface area contributed by atoms with Gasteiger partial charge in [-0.2, -0.15) is 10.4 Å². The van der Waals surface area contributed by atoms with Crippen molar-refractivity contribution in [3.8, 4) is 11.8 Å². The van der Waals surface area contributed by atoms with Crippen LogP contribution in [-0.4, -0.2) is 54.6 Å². The Bertz CT molecular complexity index is 1130. The summed E-state index contributed by atoms with van der Waals surface area (Å²) < 4.78 is 49.6. The fourth-order valence-electron chi connectivity index (χ4n) is 3.46. The van der Waals surface area contributed by atoms with Gasteiger partial charge in [-0.1, -0.05) is 0 Å². The second kappa shape index (κ2) is 9.56. The zero-order chi connectivity index (χ0) is 23.5. The maximum absolute atomic E-state index is 14.2. The van der Waals surface area contributed by atoms with Crippen molar-refractivity contribution in [2.45, 2.75) is 50.3 Å². The molecule has 1 amide bonds. The Morgan fingerprint density at radius 1 is 1.34 bits per heavy atom. The minimum Gasteiger partial charge on any atom is -0.486 e. The highest BCUT2D eigenvalue weighted by atomic mass is 32.2. The van der Waals surface area contributed by atoms with Crippen LogP contribution in [0.1, 0.15) is 44.0 Å². The van der Waals surface area contributed by atoms with E-state index in [-0.39, 0.29) is 35.5 Å². The summed E-state index contributed by atoms with van der Waals surface area (Å²) in [6.45, 7) is 4.47. The number of piperidine rings is 1. The van der Waals surface area contributed by atoms with Crippen LogP contribution in [0.15, 0.2) is 29.3 Å². The van der Waals surface area contributed by atoms with Gasteiger partial charge in [0, 0.05) is 24.9 Å². The van der Waals surface area contributed by atoms with Gasteiger partial charge < -0.3 is 14.4 Å². The van der Waals surface area contributed by atoms with E-state index in [2.05, 4.69) is 11.2 Å². The third-order valence-electron chi connectivity index (χ3n) is 5.10. The molecule has 0 unspecified atom stereocenters. The summed E-state index contributed by atoms with van der Waals surface area (Å²) in [5.74, 6) is -0.925. The summed E-state index contributed by atoms with van der Waals surface area (Å²) in [7, 11) is -3.53. The van der Waals surface area contributed by atoms with Gasteiger partial charge in [0.15, 0.2) is 21.4 Å². The molecule has 0 atom stereocenters. The number of aromatic nitrogens is 2. The van der Waals surface area contributed by atoms with Gasteiger partial charge in [-0.05, 0) is 44.9 Å². The van der Waals surface area contributed by atoms with Gasteiger partial charge in [0.25, 0.3) is 0 Å². The first kappa shape index (κ1) is 23.5. The molecule has 1 fully saturated rings. The van der Waals surface area contributed by atoms with Gasteiger partial charge in [0.2, 0.25) is 0 Å². The molecule has 1 aromatic heterocycles. The van der Waals surface area contributed by atoms with Crippen LogP contribution in [0, 0.1) is 17.1 Å². The summed E-state index contributed by atoms with van der Waals surface area (Å²) in [5.41, 5.74) is 0.794. The molecule has 0 bridgehead atoms. The Balaban J connectivity index is 1.66. The monoisotopic (exact) mass is 464 g/mol. The van der Waals surface area contributed by atoms with Crippen molar-refractivity contribution in [3.63, 3.8) is 0 Å². The minimum absolute atomic E-state index is 0.0627. The van der Waals surface area contributed by atoms with Crippen molar-refractivity contribution in [1.29, 1.82) is 5.26 Å². The molecule has 1 aliphatic heterocycles. The lowest BCUT2D eigenvalue weighted by molar-refractivity contribution is 0.0652. The second-order valence-corrected chi connectivity index (χ2v) is 9.89. The smallest absolute Gasteiger partial charge is 0.410 e. The molecular weight excluding hydrogens is 439 g/mol. The van der Waals surface area contributed by atoms with Crippen molar-refractivity contribution >= 4 is 15.9 Å². The normalized spacial score (nSPS) is 14.9. The fourth-order valence-corrected chi connectivity index (χ4v) is 4.09. The Morgan fingerprint density at radius 3 is 2.59 bits per heavy atom. The number of sulfone groups is 1. The quantitative estimate of drug-likeness (QED) is 0.645. The number of benzene rings is 1. The fraction of sp³-hybridized carbons (Fsp3) is 0.476. The molecule has 0 aliphatic carbocycles. The molecule has 0 radical (unpaired) electrons.